The predicted octanol–water partition coefficient (Wildman–Crippen LogP) is 3.33. The van der Waals surface area contributed by atoms with Crippen LogP contribution in [0.2, 0.25) is 0 Å². The fraction of sp³-hybridized carbons (Fsp3) is 0.571. The number of aryl methyl sites for hydroxylation is 1. The molecule has 2 unspecified atom stereocenters. The lowest BCUT2D eigenvalue weighted by Gasteiger charge is -2.38. The first-order chi connectivity index (χ1) is 8.52. The number of piperidine rings is 1. The van der Waals surface area contributed by atoms with Gasteiger partial charge in [0.15, 0.2) is 0 Å². The quantitative estimate of drug-likeness (QED) is 0.900. The van der Waals surface area contributed by atoms with E-state index in [2.05, 4.69) is 33.1 Å². The van der Waals surface area contributed by atoms with Crippen molar-refractivity contribution >= 4 is 21.6 Å². The highest BCUT2D eigenvalue weighted by atomic mass is 79.9. The van der Waals surface area contributed by atoms with Crippen molar-refractivity contribution in [1.82, 2.24) is 5.32 Å². The second-order valence-corrected chi connectivity index (χ2v) is 6.01. The van der Waals surface area contributed by atoms with E-state index in [-0.39, 0.29) is 5.82 Å². The SMILES string of the molecule is CNC1CCN(c2cc(F)c(Br)cc2C)CC1C. The Morgan fingerprint density at radius 1 is 1.44 bits per heavy atom. The van der Waals surface area contributed by atoms with Crippen LogP contribution in [0.15, 0.2) is 16.6 Å². The largest absolute Gasteiger partial charge is 0.371 e. The lowest BCUT2D eigenvalue weighted by Crippen LogP contribution is -2.47. The fourth-order valence-electron chi connectivity index (χ4n) is 2.77. The summed E-state index contributed by atoms with van der Waals surface area (Å²) in [6.07, 6.45) is 1.11. The molecule has 0 saturated carbocycles. The molecular formula is C14H20BrFN2. The number of hydrogen-bond acceptors (Lipinski definition) is 2. The molecule has 1 saturated heterocycles. The van der Waals surface area contributed by atoms with E-state index in [0.29, 0.717) is 16.4 Å². The van der Waals surface area contributed by atoms with E-state index >= 15 is 0 Å². The number of benzene rings is 1. The molecule has 0 aliphatic carbocycles. The third kappa shape index (κ3) is 2.69. The number of nitrogens with zero attached hydrogens (tertiary/aromatic N) is 1. The molecule has 1 aromatic rings. The van der Waals surface area contributed by atoms with Crippen molar-refractivity contribution in [1.29, 1.82) is 0 Å². The van der Waals surface area contributed by atoms with E-state index < -0.39 is 0 Å². The molecule has 2 rings (SSSR count). The molecule has 0 spiro atoms. The minimum atomic E-state index is -0.181. The first kappa shape index (κ1) is 13.8. The summed E-state index contributed by atoms with van der Waals surface area (Å²) in [6, 6.07) is 4.08. The number of rotatable bonds is 2. The molecule has 1 aromatic carbocycles. The molecule has 0 radical (unpaired) electrons. The highest BCUT2D eigenvalue weighted by Crippen LogP contribution is 2.30. The van der Waals surface area contributed by atoms with E-state index in [0.717, 1.165) is 30.8 Å². The standard InChI is InChI=1S/C14H20BrFN2/c1-9-6-11(15)12(16)7-14(9)18-5-4-13(17-3)10(2)8-18/h6-7,10,13,17H,4-5,8H2,1-3H3. The molecular weight excluding hydrogens is 295 g/mol. The number of halogens is 2. The monoisotopic (exact) mass is 314 g/mol. The minimum Gasteiger partial charge on any atom is -0.371 e. The lowest BCUT2D eigenvalue weighted by molar-refractivity contribution is 0.338. The van der Waals surface area contributed by atoms with Crippen LogP contribution in [0.1, 0.15) is 18.9 Å². The van der Waals surface area contributed by atoms with E-state index in [1.54, 1.807) is 6.07 Å². The van der Waals surface area contributed by atoms with Crippen LogP contribution in [0.3, 0.4) is 0 Å². The van der Waals surface area contributed by atoms with Gasteiger partial charge in [0.1, 0.15) is 5.82 Å². The van der Waals surface area contributed by atoms with Gasteiger partial charge in [0.05, 0.1) is 4.47 Å². The Labute approximate surface area is 117 Å². The maximum atomic E-state index is 13.7. The molecule has 100 valence electrons. The second kappa shape index (κ2) is 5.57. The van der Waals surface area contributed by atoms with E-state index in [9.17, 15) is 4.39 Å². The van der Waals surface area contributed by atoms with Gasteiger partial charge in [-0.15, -0.1) is 0 Å². The van der Waals surface area contributed by atoms with Gasteiger partial charge in [-0.25, -0.2) is 4.39 Å². The van der Waals surface area contributed by atoms with E-state index in [1.165, 1.54) is 0 Å². The summed E-state index contributed by atoms with van der Waals surface area (Å²) < 4.78 is 14.2. The molecule has 0 bridgehead atoms. The van der Waals surface area contributed by atoms with Gasteiger partial charge in [0, 0.05) is 24.8 Å². The minimum absolute atomic E-state index is 0.181. The van der Waals surface area contributed by atoms with Crippen molar-refractivity contribution in [2.75, 3.05) is 25.0 Å². The van der Waals surface area contributed by atoms with Crippen molar-refractivity contribution in [2.45, 2.75) is 26.3 Å². The molecule has 1 aliphatic heterocycles. The normalized spacial score (nSPS) is 24.4. The summed E-state index contributed by atoms with van der Waals surface area (Å²) in [6.45, 7) is 6.25. The first-order valence-electron chi connectivity index (χ1n) is 6.40. The molecule has 4 heteroatoms. The second-order valence-electron chi connectivity index (χ2n) is 5.16. The Bertz CT molecular complexity index is 436. The lowest BCUT2D eigenvalue weighted by atomic mass is 9.93. The van der Waals surface area contributed by atoms with Crippen LogP contribution in [-0.4, -0.2) is 26.2 Å². The third-order valence-corrected chi connectivity index (χ3v) is 4.46. The van der Waals surface area contributed by atoms with Crippen molar-refractivity contribution in [3.8, 4) is 0 Å². The van der Waals surface area contributed by atoms with E-state index in [4.69, 9.17) is 0 Å². The van der Waals surface area contributed by atoms with Gasteiger partial charge in [-0.2, -0.15) is 0 Å². The van der Waals surface area contributed by atoms with Crippen LogP contribution in [0, 0.1) is 18.7 Å². The topological polar surface area (TPSA) is 15.3 Å². The summed E-state index contributed by atoms with van der Waals surface area (Å²) in [4.78, 5) is 2.30. The van der Waals surface area contributed by atoms with Crippen molar-refractivity contribution in [3.05, 3.63) is 28.0 Å². The first-order valence-corrected chi connectivity index (χ1v) is 7.20. The molecule has 1 N–H and O–H groups in total. The highest BCUT2D eigenvalue weighted by Gasteiger charge is 2.25. The van der Waals surface area contributed by atoms with Gasteiger partial charge >= 0.3 is 0 Å². The van der Waals surface area contributed by atoms with Gasteiger partial charge in [-0.1, -0.05) is 6.92 Å². The van der Waals surface area contributed by atoms with Crippen molar-refractivity contribution in [3.63, 3.8) is 0 Å². The molecule has 0 amide bonds. The molecule has 1 aliphatic rings. The zero-order chi connectivity index (χ0) is 13.3. The van der Waals surface area contributed by atoms with Crippen molar-refractivity contribution < 1.29 is 4.39 Å². The molecule has 0 aromatic heterocycles. The predicted molar refractivity (Wildman–Crippen MR) is 77.7 cm³/mol. The molecule has 2 atom stereocenters. The van der Waals surface area contributed by atoms with Gasteiger partial charge in [0.2, 0.25) is 0 Å². The summed E-state index contributed by atoms with van der Waals surface area (Å²) in [5, 5.41) is 3.35. The Morgan fingerprint density at radius 3 is 2.78 bits per heavy atom. The summed E-state index contributed by atoms with van der Waals surface area (Å²) in [7, 11) is 2.02. The van der Waals surface area contributed by atoms with Gasteiger partial charge in [-0.3, -0.25) is 0 Å². The van der Waals surface area contributed by atoms with Crippen LogP contribution < -0.4 is 10.2 Å². The number of hydrogen-bond donors (Lipinski definition) is 1. The average Bonchev–Trinajstić information content (AvgIpc) is 2.33. The zero-order valence-corrected chi connectivity index (χ0v) is 12.7. The summed E-state index contributed by atoms with van der Waals surface area (Å²) in [5.74, 6) is 0.397. The van der Waals surface area contributed by atoms with Crippen molar-refractivity contribution in [2.24, 2.45) is 5.92 Å². The molecule has 1 heterocycles. The molecule has 1 fully saturated rings. The number of nitrogens with one attached hydrogen (secondary N) is 1. The maximum absolute atomic E-state index is 13.7. The maximum Gasteiger partial charge on any atom is 0.139 e. The van der Waals surface area contributed by atoms with Gasteiger partial charge in [0.25, 0.3) is 0 Å². The molecule has 18 heavy (non-hydrogen) atoms. The third-order valence-electron chi connectivity index (χ3n) is 3.86. The average molecular weight is 315 g/mol. The highest BCUT2D eigenvalue weighted by molar-refractivity contribution is 9.10. The molecule has 2 nitrogen and oxygen atoms in total. The smallest absolute Gasteiger partial charge is 0.139 e. The Kier molecular flexibility index (Phi) is 4.28. The van der Waals surface area contributed by atoms with Crippen LogP contribution >= 0.6 is 15.9 Å². The Morgan fingerprint density at radius 2 is 2.17 bits per heavy atom. The fourth-order valence-corrected chi connectivity index (χ4v) is 3.23. The van der Waals surface area contributed by atoms with Gasteiger partial charge in [-0.05, 0) is 59.9 Å². The van der Waals surface area contributed by atoms with Crippen LogP contribution in [0.4, 0.5) is 10.1 Å². The summed E-state index contributed by atoms with van der Waals surface area (Å²) >= 11 is 3.23. The zero-order valence-electron chi connectivity index (χ0n) is 11.1. The Balaban J connectivity index is 2.20. The number of anilines is 1. The van der Waals surface area contributed by atoms with Gasteiger partial charge < -0.3 is 10.2 Å². The van der Waals surface area contributed by atoms with Crippen LogP contribution in [0.25, 0.3) is 0 Å². The van der Waals surface area contributed by atoms with Crippen LogP contribution in [-0.2, 0) is 0 Å². The summed E-state index contributed by atoms with van der Waals surface area (Å²) in [5.41, 5.74) is 2.15. The van der Waals surface area contributed by atoms with E-state index in [1.807, 2.05) is 20.0 Å². The van der Waals surface area contributed by atoms with Crippen LogP contribution in [0.5, 0.6) is 0 Å². The Hall–Kier alpha value is -0.610.